The largest absolute Gasteiger partial charge is 0.472 e. The minimum Gasteiger partial charge on any atom is -0.463 e. The van der Waals surface area contributed by atoms with Gasteiger partial charge in [-0.1, -0.05) is 38.3 Å². The van der Waals surface area contributed by atoms with Gasteiger partial charge < -0.3 is 19.1 Å². The van der Waals surface area contributed by atoms with E-state index in [2.05, 4.69) is 23.6 Å². The van der Waals surface area contributed by atoms with E-state index in [1.54, 1.807) is 0 Å². The minimum absolute atomic E-state index is 0.0292. The van der Waals surface area contributed by atoms with Gasteiger partial charge in [0.2, 0.25) is 0 Å². The number of ether oxygens (including phenoxy) is 3. The second-order valence-corrected chi connectivity index (χ2v) is 9.66. The first-order valence-electron chi connectivity index (χ1n) is 11.2. The molecule has 0 radical (unpaired) electrons. The van der Waals surface area contributed by atoms with Crippen LogP contribution in [0.4, 0.5) is 0 Å². The zero-order valence-electron chi connectivity index (χ0n) is 17.8. The lowest BCUT2D eigenvalue weighted by molar-refractivity contribution is -0.146. The van der Waals surface area contributed by atoms with Gasteiger partial charge in [-0.2, -0.15) is 0 Å². The van der Waals surface area contributed by atoms with E-state index < -0.39 is 13.9 Å². The fourth-order valence-corrected chi connectivity index (χ4v) is 4.66. The first-order chi connectivity index (χ1) is 14.5. The molecule has 0 aromatic carbocycles. The van der Waals surface area contributed by atoms with Gasteiger partial charge in [-0.25, -0.2) is 4.57 Å². The highest BCUT2D eigenvalue weighted by Gasteiger charge is 2.46. The Morgan fingerprint density at radius 1 is 1.07 bits per heavy atom. The number of hydrogen-bond acceptors (Lipinski definition) is 7. The summed E-state index contributed by atoms with van der Waals surface area (Å²) >= 11 is 0. The van der Waals surface area contributed by atoms with Gasteiger partial charge in [0.15, 0.2) is 0 Å². The summed E-state index contributed by atoms with van der Waals surface area (Å²) in [4.78, 5) is 20.7. The standard InChI is InChI=1S/C21H35O8P/c1-2-17-19(27-17)13-20-18(28-20)11-9-7-5-3-4-6-8-10-12-21(22)25-14-16-15-26-30(23,24)29-16/h7,9,16-20H,2-6,8,10-15H2,1H3,(H,23,24)/b9-7-. The highest BCUT2D eigenvalue weighted by atomic mass is 31.2. The Hall–Kier alpha value is -0.760. The van der Waals surface area contributed by atoms with E-state index in [4.69, 9.17) is 23.6 Å². The molecule has 9 heteroatoms. The molecule has 6 atom stereocenters. The van der Waals surface area contributed by atoms with Crippen molar-refractivity contribution in [2.24, 2.45) is 0 Å². The van der Waals surface area contributed by atoms with Crippen LogP contribution in [-0.2, 0) is 32.6 Å². The summed E-state index contributed by atoms with van der Waals surface area (Å²) in [5, 5.41) is 0. The maximum absolute atomic E-state index is 11.7. The number of phosphoric acid groups is 1. The Bertz CT molecular complexity index is 624. The van der Waals surface area contributed by atoms with Crippen molar-refractivity contribution >= 4 is 13.8 Å². The molecule has 0 aromatic heterocycles. The van der Waals surface area contributed by atoms with Crippen molar-refractivity contribution in [2.75, 3.05) is 13.2 Å². The van der Waals surface area contributed by atoms with Crippen LogP contribution in [0.25, 0.3) is 0 Å². The zero-order chi connectivity index (χ0) is 21.4. The molecule has 3 aliphatic rings. The summed E-state index contributed by atoms with van der Waals surface area (Å²) in [6.07, 6.45) is 15.3. The highest BCUT2D eigenvalue weighted by Crippen LogP contribution is 2.49. The summed E-state index contributed by atoms with van der Waals surface area (Å²) < 4.78 is 36.7. The predicted octanol–water partition coefficient (Wildman–Crippen LogP) is 4.06. The fraction of sp³-hybridized carbons (Fsp3) is 0.857. The first kappa shape index (κ1) is 23.9. The molecule has 3 fully saturated rings. The molecule has 3 aliphatic heterocycles. The average Bonchev–Trinajstić information content (AvgIpc) is 3.61. The summed E-state index contributed by atoms with van der Waals surface area (Å²) in [6, 6.07) is 0. The fourth-order valence-electron chi connectivity index (χ4n) is 3.74. The number of unbranched alkanes of at least 4 members (excludes halogenated alkanes) is 5. The highest BCUT2D eigenvalue weighted by molar-refractivity contribution is 7.47. The van der Waals surface area contributed by atoms with Crippen LogP contribution in [0, 0.1) is 0 Å². The maximum atomic E-state index is 11.7. The van der Waals surface area contributed by atoms with Crippen molar-refractivity contribution in [3.8, 4) is 0 Å². The van der Waals surface area contributed by atoms with Crippen molar-refractivity contribution in [2.45, 2.75) is 102 Å². The summed E-state index contributed by atoms with van der Waals surface area (Å²) in [7, 11) is -3.92. The number of carbonyl (C=O) groups excluding carboxylic acids is 1. The van der Waals surface area contributed by atoms with E-state index in [1.807, 2.05) is 0 Å². The Balaban J connectivity index is 1.07. The van der Waals surface area contributed by atoms with E-state index in [0.29, 0.717) is 30.8 Å². The third-order valence-electron chi connectivity index (χ3n) is 5.67. The van der Waals surface area contributed by atoms with Gasteiger partial charge in [-0.3, -0.25) is 13.8 Å². The number of allylic oxidation sites excluding steroid dienone is 1. The van der Waals surface area contributed by atoms with Gasteiger partial charge in [0, 0.05) is 12.8 Å². The molecular formula is C21H35O8P. The lowest BCUT2D eigenvalue weighted by Crippen LogP contribution is -2.20. The van der Waals surface area contributed by atoms with Crippen LogP contribution in [0.2, 0.25) is 0 Å². The minimum atomic E-state index is -3.92. The van der Waals surface area contributed by atoms with Gasteiger partial charge in [-0.05, 0) is 32.1 Å². The second-order valence-electron chi connectivity index (χ2n) is 8.26. The number of carbonyl (C=O) groups is 1. The number of hydrogen-bond donors (Lipinski definition) is 1. The first-order valence-corrected chi connectivity index (χ1v) is 12.7. The van der Waals surface area contributed by atoms with Crippen molar-refractivity contribution in [3.63, 3.8) is 0 Å². The third-order valence-corrected chi connectivity index (χ3v) is 6.71. The van der Waals surface area contributed by atoms with Crippen LogP contribution < -0.4 is 0 Å². The third kappa shape index (κ3) is 8.77. The average molecular weight is 446 g/mol. The molecule has 0 bridgehead atoms. The summed E-state index contributed by atoms with van der Waals surface area (Å²) in [5.41, 5.74) is 0. The Labute approximate surface area is 178 Å². The van der Waals surface area contributed by atoms with Crippen molar-refractivity contribution < 1.29 is 37.5 Å². The normalized spacial score (nSPS) is 35.1. The van der Waals surface area contributed by atoms with Crippen LogP contribution in [-0.4, -0.2) is 54.6 Å². The van der Waals surface area contributed by atoms with Crippen LogP contribution in [0.5, 0.6) is 0 Å². The maximum Gasteiger partial charge on any atom is 0.472 e. The smallest absolute Gasteiger partial charge is 0.463 e. The van der Waals surface area contributed by atoms with Crippen molar-refractivity contribution in [1.82, 2.24) is 0 Å². The molecule has 3 saturated heterocycles. The Kier molecular flexibility index (Phi) is 9.35. The molecular weight excluding hydrogens is 411 g/mol. The SMILES string of the molecule is CCC1OC1CC1OC1C/C=C\CCCCCCCC(=O)OCC1COP(=O)(O)O1. The number of esters is 1. The quantitative estimate of drug-likeness (QED) is 0.132. The number of epoxide rings is 2. The molecule has 0 aromatic rings. The zero-order valence-corrected chi connectivity index (χ0v) is 18.7. The van der Waals surface area contributed by atoms with Gasteiger partial charge >= 0.3 is 13.8 Å². The van der Waals surface area contributed by atoms with Gasteiger partial charge in [0.25, 0.3) is 0 Å². The molecule has 8 nitrogen and oxygen atoms in total. The molecule has 3 rings (SSSR count). The number of rotatable bonds is 15. The second kappa shape index (κ2) is 11.7. The summed E-state index contributed by atoms with van der Waals surface area (Å²) in [5.74, 6) is -0.305. The van der Waals surface area contributed by atoms with E-state index in [-0.39, 0.29) is 19.2 Å². The molecule has 0 spiro atoms. The van der Waals surface area contributed by atoms with E-state index >= 15 is 0 Å². The topological polar surface area (TPSA) is 107 Å². The molecule has 0 saturated carbocycles. The monoisotopic (exact) mass is 446 g/mol. The molecule has 6 unspecified atom stereocenters. The lowest BCUT2D eigenvalue weighted by atomic mass is 10.1. The van der Waals surface area contributed by atoms with Gasteiger partial charge in [0.1, 0.15) is 12.7 Å². The molecule has 0 amide bonds. The van der Waals surface area contributed by atoms with Gasteiger partial charge in [0.05, 0.1) is 31.0 Å². The van der Waals surface area contributed by atoms with Gasteiger partial charge in [-0.15, -0.1) is 0 Å². The molecule has 3 heterocycles. The number of phosphoric ester groups is 1. The van der Waals surface area contributed by atoms with Crippen LogP contribution in [0.15, 0.2) is 12.2 Å². The molecule has 172 valence electrons. The molecule has 0 aliphatic carbocycles. The van der Waals surface area contributed by atoms with Crippen molar-refractivity contribution in [1.29, 1.82) is 0 Å². The van der Waals surface area contributed by atoms with Crippen LogP contribution in [0.3, 0.4) is 0 Å². The van der Waals surface area contributed by atoms with Crippen LogP contribution >= 0.6 is 7.82 Å². The van der Waals surface area contributed by atoms with Crippen molar-refractivity contribution in [3.05, 3.63) is 12.2 Å². The van der Waals surface area contributed by atoms with Crippen LogP contribution in [0.1, 0.15) is 71.1 Å². The lowest BCUT2D eigenvalue weighted by Gasteiger charge is -2.08. The van der Waals surface area contributed by atoms with E-state index in [0.717, 1.165) is 57.8 Å². The van der Waals surface area contributed by atoms with E-state index in [9.17, 15) is 9.36 Å². The predicted molar refractivity (Wildman–Crippen MR) is 110 cm³/mol. The Morgan fingerprint density at radius 3 is 2.53 bits per heavy atom. The van der Waals surface area contributed by atoms with E-state index in [1.165, 1.54) is 0 Å². The Morgan fingerprint density at radius 2 is 1.80 bits per heavy atom. The summed E-state index contributed by atoms with van der Waals surface area (Å²) in [6.45, 7) is 2.09. The molecule has 1 N–H and O–H groups in total. The molecule has 30 heavy (non-hydrogen) atoms.